The van der Waals surface area contributed by atoms with Gasteiger partial charge in [0.2, 0.25) is 0 Å². The van der Waals surface area contributed by atoms with E-state index in [-0.39, 0.29) is 18.4 Å². The van der Waals surface area contributed by atoms with E-state index < -0.39 is 0 Å². The molecule has 3 rings (SSSR count). The van der Waals surface area contributed by atoms with Crippen molar-refractivity contribution in [3.05, 3.63) is 29.8 Å². The first kappa shape index (κ1) is 17.1. The second kappa shape index (κ2) is 7.84. The molecule has 0 aliphatic carbocycles. The van der Waals surface area contributed by atoms with Gasteiger partial charge in [-0.25, -0.2) is 4.79 Å². The molecule has 4 nitrogen and oxygen atoms in total. The highest BCUT2D eigenvalue weighted by Gasteiger charge is 2.33. The zero-order chi connectivity index (χ0) is 14.7. The predicted molar refractivity (Wildman–Crippen MR) is 90.3 cm³/mol. The molecule has 0 aromatic heterocycles. The van der Waals surface area contributed by atoms with E-state index >= 15 is 0 Å². The number of hydrogen-bond acceptors (Lipinski definition) is 4. The Labute approximate surface area is 138 Å². The number of rotatable bonds is 3. The van der Waals surface area contributed by atoms with Crippen molar-refractivity contribution in [2.24, 2.45) is 5.92 Å². The van der Waals surface area contributed by atoms with Gasteiger partial charge in [0.25, 0.3) is 0 Å². The molecule has 0 bridgehead atoms. The van der Waals surface area contributed by atoms with Crippen LogP contribution in [0.25, 0.3) is 0 Å². The van der Waals surface area contributed by atoms with Gasteiger partial charge in [-0.1, -0.05) is 12.5 Å². The second-order valence-corrected chi connectivity index (χ2v) is 6.23. The van der Waals surface area contributed by atoms with E-state index in [2.05, 4.69) is 4.90 Å². The summed E-state index contributed by atoms with van der Waals surface area (Å²) in [5, 5.41) is 0. The zero-order valence-corrected chi connectivity index (χ0v) is 13.7. The van der Waals surface area contributed by atoms with Gasteiger partial charge in [0.15, 0.2) is 0 Å². The Balaban J connectivity index is 0.00000176. The summed E-state index contributed by atoms with van der Waals surface area (Å²) in [4.78, 5) is 14.7. The lowest BCUT2D eigenvalue weighted by Crippen LogP contribution is -2.49. The van der Waals surface area contributed by atoms with Crippen molar-refractivity contribution in [1.82, 2.24) is 4.90 Å². The van der Waals surface area contributed by atoms with Crippen molar-refractivity contribution < 1.29 is 9.53 Å². The SMILES string of the molecule is Cl.Nc1cccc(C(=O)OC[C@@H]2CCCN3CCCC[C@H]23)c1. The number of anilines is 1. The average molecular weight is 325 g/mol. The molecule has 2 fully saturated rings. The quantitative estimate of drug-likeness (QED) is 0.685. The van der Waals surface area contributed by atoms with Crippen molar-refractivity contribution in [2.45, 2.75) is 38.1 Å². The molecule has 2 aliphatic heterocycles. The van der Waals surface area contributed by atoms with Crippen LogP contribution in [0.1, 0.15) is 42.5 Å². The van der Waals surface area contributed by atoms with Gasteiger partial charge in [0, 0.05) is 17.6 Å². The van der Waals surface area contributed by atoms with Crippen molar-refractivity contribution in [3.63, 3.8) is 0 Å². The fourth-order valence-electron chi connectivity index (χ4n) is 3.70. The molecule has 0 radical (unpaired) electrons. The lowest BCUT2D eigenvalue weighted by molar-refractivity contribution is 0.00739. The van der Waals surface area contributed by atoms with E-state index in [9.17, 15) is 4.79 Å². The Morgan fingerprint density at radius 3 is 2.86 bits per heavy atom. The number of nitrogens with zero attached hydrogens (tertiary/aromatic N) is 1. The normalized spacial score (nSPS) is 24.9. The van der Waals surface area contributed by atoms with Gasteiger partial charge in [0.05, 0.1) is 12.2 Å². The predicted octanol–water partition coefficient (Wildman–Crippen LogP) is 3.11. The first-order chi connectivity index (χ1) is 10.2. The van der Waals surface area contributed by atoms with Gasteiger partial charge in [-0.05, 0) is 57.0 Å². The van der Waals surface area contributed by atoms with Crippen LogP contribution in [-0.2, 0) is 4.74 Å². The number of hydrogen-bond donors (Lipinski definition) is 1. The number of piperidine rings is 2. The van der Waals surface area contributed by atoms with Crippen LogP contribution < -0.4 is 5.73 Å². The van der Waals surface area contributed by atoms with Crippen LogP contribution in [0.2, 0.25) is 0 Å². The Morgan fingerprint density at radius 1 is 1.23 bits per heavy atom. The fraction of sp³-hybridized carbons (Fsp3) is 0.588. The molecule has 122 valence electrons. The van der Waals surface area contributed by atoms with Crippen LogP contribution in [0.15, 0.2) is 24.3 Å². The van der Waals surface area contributed by atoms with E-state index in [0.29, 0.717) is 29.8 Å². The maximum absolute atomic E-state index is 12.1. The maximum atomic E-state index is 12.1. The molecule has 2 heterocycles. The number of nitrogen functional groups attached to an aromatic ring is 1. The molecule has 0 saturated carbocycles. The number of halogens is 1. The third-order valence-electron chi connectivity index (χ3n) is 4.78. The van der Waals surface area contributed by atoms with Crippen LogP contribution in [0.4, 0.5) is 5.69 Å². The third-order valence-corrected chi connectivity index (χ3v) is 4.78. The van der Waals surface area contributed by atoms with Crippen molar-refractivity contribution in [2.75, 3.05) is 25.4 Å². The number of fused-ring (bicyclic) bond motifs is 1. The summed E-state index contributed by atoms with van der Waals surface area (Å²) >= 11 is 0. The molecular formula is C17H25ClN2O2. The zero-order valence-electron chi connectivity index (χ0n) is 12.9. The summed E-state index contributed by atoms with van der Waals surface area (Å²) < 4.78 is 5.55. The minimum absolute atomic E-state index is 0. The van der Waals surface area contributed by atoms with E-state index in [1.165, 1.54) is 45.2 Å². The first-order valence-corrected chi connectivity index (χ1v) is 8.01. The van der Waals surface area contributed by atoms with Crippen molar-refractivity contribution in [1.29, 1.82) is 0 Å². The lowest BCUT2D eigenvalue weighted by Gasteiger charge is -2.44. The Hall–Kier alpha value is -1.26. The van der Waals surface area contributed by atoms with Crippen LogP contribution in [-0.4, -0.2) is 36.6 Å². The van der Waals surface area contributed by atoms with Crippen LogP contribution in [0.3, 0.4) is 0 Å². The number of benzene rings is 1. The molecule has 2 saturated heterocycles. The van der Waals surface area contributed by atoms with Gasteiger partial charge in [0.1, 0.15) is 0 Å². The van der Waals surface area contributed by atoms with Crippen LogP contribution >= 0.6 is 12.4 Å². The fourth-order valence-corrected chi connectivity index (χ4v) is 3.70. The summed E-state index contributed by atoms with van der Waals surface area (Å²) in [7, 11) is 0. The van der Waals surface area contributed by atoms with E-state index in [0.717, 1.165) is 0 Å². The topological polar surface area (TPSA) is 55.6 Å². The van der Waals surface area contributed by atoms with Crippen LogP contribution in [0, 0.1) is 5.92 Å². The molecule has 0 spiro atoms. The first-order valence-electron chi connectivity index (χ1n) is 8.01. The molecule has 2 atom stereocenters. The summed E-state index contributed by atoms with van der Waals surface area (Å²) in [6, 6.07) is 7.61. The highest BCUT2D eigenvalue weighted by atomic mass is 35.5. The number of nitrogens with two attached hydrogens (primary N) is 1. The lowest BCUT2D eigenvalue weighted by atomic mass is 9.84. The number of ether oxygens (including phenoxy) is 1. The van der Waals surface area contributed by atoms with Gasteiger partial charge in [-0.3, -0.25) is 4.90 Å². The molecule has 2 aliphatic rings. The van der Waals surface area contributed by atoms with E-state index in [1.54, 1.807) is 24.3 Å². The highest BCUT2D eigenvalue weighted by Crippen LogP contribution is 2.31. The minimum atomic E-state index is -0.254. The summed E-state index contributed by atoms with van der Waals surface area (Å²) in [6.45, 7) is 2.96. The monoisotopic (exact) mass is 324 g/mol. The van der Waals surface area contributed by atoms with E-state index in [4.69, 9.17) is 10.5 Å². The largest absolute Gasteiger partial charge is 0.462 e. The average Bonchev–Trinajstić information content (AvgIpc) is 2.52. The van der Waals surface area contributed by atoms with Gasteiger partial charge in [-0.2, -0.15) is 0 Å². The number of carbonyl (C=O) groups excluding carboxylic acids is 1. The van der Waals surface area contributed by atoms with Gasteiger partial charge >= 0.3 is 5.97 Å². The molecular weight excluding hydrogens is 300 g/mol. The minimum Gasteiger partial charge on any atom is -0.462 e. The maximum Gasteiger partial charge on any atom is 0.338 e. The molecule has 5 heteroatoms. The Bertz CT molecular complexity index is 507. The third kappa shape index (κ3) is 3.93. The number of esters is 1. The molecule has 1 aromatic carbocycles. The number of carbonyl (C=O) groups is 1. The summed E-state index contributed by atoms with van der Waals surface area (Å²) in [5.41, 5.74) is 6.85. The highest BCUT2D eigenvalue weighted by molar-refractivity contribution is 5.90. The van der Waals surface area contributed by atoms with Gasteiger partial charge in [-0.15, -0.1) is 12.4 Å². The smallest absolute Gasteiger partial charge is 0.338 e. The Morgan fingerprint density at radius 2 is 2.05 bits per heavy atom. The second-order valence-electron chi connectivity index (χ2n) is 6.23. The standard InChI is InChI=1S/C17H24N2O2.ClH/c18-15-7-3-5-13(11-15)17(20)21-12-14-6-4-10-19-9-2-1-8-16(14)19;/h3,5,7,11,14,16H,1-2,4,6,8-10,12,18H2;1H/t14-,16+;/m0./s1. The van der Waals surface area contributed by atoms with Crippen molar-refractivity contribution in [3.8, 4) is 0 Å². The van der Waals surface area contributed by atoms with Gasteiger partial charge < -0.3 is 10.5 Å². The summed E-state index contributed by atoms with van der Waals surface area (Å²) in [5.74, 6) is 0.235. The van der Waals surface area contributed by atoms with Crippen molar-refractivity contribution >= 4 is 24.1 Å². The molecule has 1 aromatic rings. The summed E-state index contributed by atoms with van der Waals surface area (Å²) in [6.07, 6.45) is 6.26. The molecule has 0 amide bonds. The molecule has 22 heavy (non-hydrogen) atoms. The van der Waals surface area contributed by atoms with E-state index in [1.807, 2.05) is 0 Å². The molecule has 2 N–H and O–H groups in total. The Kier molecular flexibility index (Phi) is 6.09. The molecule has 0 unspecified atom stereocenters. The van der Waals surface area contributed by atoms with Crippen LogP contribution in [0.5, 0.6) is 0 Å².